The first-order valence-corrected chi connectivity index (χ1v) is 5.52. The number of aliphatic imine (C=N–C) groups is 1. The van der Waals surface area contributed by atoms with Crippen LogP contribution in [0.5, 0.6) is 0 Å². The molecule has 1 rings (SSSR count). The maximum absolute atomic E-state index is 12.6. The predicted octanol–water partition coefficient (Wildman–Crippen LogP) is 3.69. The molecule has 0 saturated carbocycles. The zero-order valence-corrected chi connectivity index (χ0v) is 9.85. The molecule has 0 saturated heterocycles. The molecule has 0 heterocycles. The summed E-state index contributed by atoms with van der Waals surface area (Å²) in [5.41, 5.74) is 0.850. The average Bonchev–Trinajstić information content (AvgIpc) is 2.28. The minimum absolute atomic E-state index is 0.246. The van der Waals surface area contributed by atoms with Gasteiger partial charge >= 0.3 is 0 Å². The minimum atomic E-state index is -0.286. The fraction of sp³-hybridized carbons (Fsp3) is 0.0909. The average molecular weight is 255 g/mol. The van der Waals surface area contributed by atoms with E-state index in [1.165, 1.54) is 12.1 Å². The van der Waals surface area contributed by atoms with Gasteiger partial charge in [-0.05, 0) is 29.5 Å². The van der Waals surface area contributed by atoms with E-state index >= 15 is 0 Å². The largest absolute Gasteiger partial charge is 0.262 e. The maximum Gasteiger partial charge on any atom is 0.163 e. The van der Waals surface area contributed by atoms with Crippen LogP contribution in [0.3, 0.4) is 0 Å². The van der Waals surface area contributed by atoms with Gasteiger partial charge in [0.1, 0.15) is 11.9 Å². The first kappa shape index (κ1) is 12.8. The van der Waals surface area contributed by atoms with Crippen molar-refractivity contribution in [1.29, 1.82) is 5.26 Å². The van der Waals surface area contributed by atoms with Crippen molar-refractivity contribution >= 4 is 27.9 Å². The minimum Gasteiger partial charge on any atom is -0.262 e. The molecule has 0 fully saturated rings. The van der Waals surface area contributed by atoms with Gasteiger partial charge in [-0.2, -0.15) is 5.26 Å². The van der Waals surface area contributed by atoms with E-state index in [1.807, 2.05) is 6.07 Å². The number of allylic oxidation sites excluding steroid dienone is 1. The first-order chi connectivity index (χ1) is 7.61. The number of hydrogen-bond acceptors (Lipinski definition) is 3. The molecule has 0 unspecified atom stereocenters. The molecule has 82 valence electrons. The number of thioether (sulfide) groups is 1. The Hall–Kier alpha value is -1.31. The Balaban J connectivity index is 2.56. The summed E-state index contributed by atoms with van der Waals surface area (Å²) in [6.07, 6.45) is 0. The van der Waals surface area contributed by atoms with E-state index < -0.39 is 0 Å². The summed E-state index contributed by atoms with van der Waals surface area (Å²) in [6.45, 7) is 3.82. The van der Waals surface area contributed by atoms with Gasteiger partial charge < -0.3 is 0 Å². The Labute approximate surface area is 102 Å². The van der Waals surface area contributed by atoms with Gasteiger partial charge in [0.05, 0.1) is 11.4 Å². The molecular formula is C11H8ClFN2S. The molecule has 0 bridgehead atoms. The van der Waals surface area contributed by atoms with Crippen LogP contribution < -0.4 is 0 Å². The number of halogens is 2. The van der Waals surface area contributed by atoms with Crippen LogP contribution in [-0.4, -0.2) is 4.50 Å². The van der Waals surface area contributed by atoms with Crippen LogP contribution in [0, 0.1) is 17.1 Å². The molecule has 0 atom stereocenters. The van der Waals surface area contributed by atoms with Crippen LogP contribution in [0.1, 0.15) is 5.56 Å². The Kier molecular flexibility index (Phi) is 5.03. The molecule has 0 N–H and O–H groups in total. The molecule has 0 aliphatic heterocycles. The fourth-order valence-electron chi connectivity index (χ4n) is 0.900. The van der Waals surface area contributed by atoms with Crippen molar-refractivity contribution in [3.05, 3.63) is 47.1 Å². The molecule has 1 aromatic rings. The number of nitriles is 1. The monoisotopic (exact) mass is 254 g/mol. The van der Waals surface area contributed by atoms with E-state index in [0.717, 1.165) is 17.3 Å². The van der Waals surface area contributed by atoms with Gasteiger partial charge in [-0.1, -0.05) is 30.3 Å². The van der Waals surface area contributed by atoms with Crippen molar-refractivity contribution < 1.29 is 4.39 Å². The van der Waals surface area contributed by atoms with Gasteiger partial charge in [0.15, 0.2) is 4.50 Å². The molecule has 2 nitrogen and oxygen atoms in total. The van der Waals surface area contributed by atoms with Crippen LogP contribution in [0.2, 0.25) is 0 Å². The van der Waals surface area contributed by atoms with Crippen LogP contribution in [0.4, 0.5) is 4.39 Å². The second kappa shape index (κ2) is 6.31. The summed E-state index contributed by atoms with van der Waals surface area (Å²) < 4.78 is 12.8. The second-order valence-corrected chi connectivity index (χ2v) is 4.50. The molecule has 0 radical (unpaired) electrons. The van der Waals surface area contributed by atoms with Gasteiger partial charge in [0.2, 0.25) is 0 Å². The topological polar surface area (TPSA) is 36.1 Å². The lowest BCUT2D eigenvalue weighted by Crippen LogP contribution is -1.86. The lowest BCUT2D eigenvalue weighted by atomic mass is 10.2. The summed E-state index contributed by atoms with van der Waals surface area (Å²) >= 11 is 6.77. The van der Waals surface area contributed by atoms with Crippen LogP contribution >= 0.6 is 23.4 Å². The van der Waals surface area contributed by atoms with Crippen molar-refractivity contribution in [2.45, 2.75) is 6.54 Å². The summed E-state index contributed by atoms with van der Waals surface area (Å²) in [6, 6.07) is 7.84. The number of nitrogens with zero attached hydrogens (tertiary/aromatic N) is 2. The molecule has 16 heavy (non-hydrogen) atoms. The van der Waals surface area contributed by atoms with E-state index in [9.17, 15) is 4.39 Å². The fourth-order valence-corrected chi connectivity index (χ4v) is 1.62. The summed E-state index contributed by atoms with van der Waals surface area (Å²) in [5, 5.41) is 8.47. The summed E-state index contributed by atoms with van der Waals surface area (Å²) in [4.78, 5) is 4.31. The SMILES string of the molecule is C=C(C#N)S/C(Cl)=N\Cc1ccc(F)cc1. The molecule has 1 aromatic carbocycles. The Morgan fingerprint density at radius 2 is 2.12 bits per heavy atom. The molecule has 0 aliphatic rings. The third-order valence-electron chi connectivity index (χ3n) is 1.63. The number of benzene rings is 1. The van der Waals surface area contributed by atoms with Crippen molar-refractivity contribution in [1.82, 2.24) is 0 Å². The molecule has 0 amide bonds. The van der Waals surface area contributed by atoms with Crippen molar-refractivity contribution in [3.8, 4) is 6.07 Å². The second-order valence-electron chi connectivity index (χ2n) is 2.83. The van der Waals surface area contributed by atoms with Crippen LogP contribution in [0.15, 0.2) is 40.7 Å². The summed E-state index contributed by atoms with van der Waals surface area (Å²) in [5.74, 6) is -0.286. The highest BCUT2D eigenvalue weighted by Gasteiger charge is 1.99. The molecular weight excluding hydrogens is 247 g/mol. The van der Waals surface area contributed by atoms with Gasteiger partial charge in [-0.3, -0.25) is 4.99 Å². The molecule has 0 aliphatic carbocycles. The molecule has 0 aromatic heterocycles. The van der Waals surface area contributed by atoms with E-state index in [2.05, 4.69) is 11.6 Å². The van der Waals surface area contributed by atoms with E-state index in [4.69, 9.17) is 16.9 Å². The van der Waals surface area contributed by atoms with E-state index in [-0.39, 0.29) is 15.2 Å². The summed E-state index contributed by atoms with van der Waals surface area (Å²) in [7, 11) is 0. The quantitative estimate of drug-likeness (QED) is 0.469. The van der Waals surface area contributed by atoms with E-state index in [1.54, 1.807) is 12.1 Å². The first-order valence-electron chi connectivity index (χ1n) is 4.33. The van der Waals surface area contributed by atoms with Gasteiger partial charge in [0, 0.05) is 0 Å². The molecule has 5 heteroatoms. The zero-order chi connectivity index (χ0) is 12.0. The lowest BCUT2D eigenvalue weighted by Gasteiger charge is -1.97. The van der Waals surface area contributed by atoms with Crippen molar-refractivity contribution in [2.24, 2.45) is 4.99 Å². The number of rotatable bonds is 3. The Morgan fingerprint density at radius 1 is 1.50 bits per heavy atom. The molecule has 0 spiro atoms. The van der Waals surface area contributed by atoms with Gasteiger partial charge in [0.25, 0.3) is 0 Å². The van der Waals surface area contributed by atoms with Gasteiger partial charge in [-0.15, -0.1) is 0 Å². The van der Waals surface area contributed by atoms with Crippen molar-refractivity contribution in [2.75, 3.05) is 0 Å². The van der Waals surface area contributed by atoms with Crippen LogP contribution in [0.25, 0.3) is 0 Å². The Morgan fingerprint density at radius 3 is 2.69 bits per heavy atom. The smallest absolute Gasteiger partial charge is 0.163 e. The highest BCUT2D eigenvalue weighted by atomic mass is 35.5. The van der Waals surface area contributed by atoms with Crippen molar-refractivity contribution in [3.63, 3.8) is 0 Å². The Bertz CT molecular complexity index is 448. The normalized spacial score (nSPS) is 10.9. The van der Waals surface area contributed by atoms with E-state index in [0.29, 0.717) is 6.54 Å². The number of hydrogen-bond donors (Lipinski definition) is 0. The van der Waals surface area contributed by atoms with Crippen LogP contribution in [-0.2, 0) is 6.54 Å². The lowest BCUT2D eigenvalue weighted by molar-refractivity contribution is 0.627. The zero-order valence-electron chi connectivity index (χ0n) is 8.28. The standard InChI is InChI=1S/C11H8ClFN2S/c1-8(6-14)16-11(12)15-7-9-2-4-10(13)5-3-9/h2-5H,1,7H2/b15-11-. The maximum atomic E-state index is 12.6. The van der Waals surface area contributed by atoms with Gasteiger partial charge in [-0.25, -0.2) is 4.39 Å². The third-order valence-corrected chi connectivity index (χ3v) is 2.62. The third kappa shape index (κ3) is 4.47. The highest BCUT2D eigenvalue weighted by molar-refractivity contribution is 8.20. The highest BCUT2D eigenvalue weighted by Crippen LogP contribution is 2.18. The predicted molar refractivity (Wildman–Crippen MR) is 65.7 cm³/mol.